The molecule has 2 N–H and O–H groups in total. The standard InChI is InChI=1S/C14H21BrN2.ClH/c1-14(2)10-17(8-7-13(14)16)9-11-5-3-4-6-12(11)15;/h3-6,13H,7-10,16H2,1-2H3;1H. The van der Waals surface area contributed by atoms with E-state index in [1.165, 1.54) is 10.0 Å². The van der Waals surface area contributed by atoms with E-state index < -0.39 is 0 Å². The van der Waals surface area contributed by atoms with Crippen molar-refractivity contribution in [2.24, 2.45) is 11.1 Å². The summed E-state index contributed by atoms with van der Waals surface area (Å²) in [5.41, 5.74) is 7.74. The fraction of sp³-hybridized carbons (Fsp3) is 0.571. The molecule has 1 aliphatic heterocycles. The molecule has 0 radical (unpaired) electrons. The summed E-state index contributed by atoms with van der Waals surface area (Å²) >= 11 is 3.61. The molecular weight excluding hydrogens is 312 g/mol. The summed E-state index contributed by atoms with van der Waals surface area (Å²) in [7, 11) is 0. The second-order valence-corrected chi connectivity index (χ2v) is 6.54. The molecule has 1 atom stereocenters. The highest BCUT2D eigenvalue weighted by Gasteiger charge is 2.33. The summed E-state index contributed by atoms with van der Waals surface area (Å²) in [6, 6.07) is 8.78. The van der Waals surface area contributed by atoms with Crippen molar-refractivity contribution in [1.29, 1.82) is 0 Å². The van der Waals surface area contributed by atoms with Crippen molar-refractivity contribution < 1.29 is 0 Å². The zero-order chi connectivity index (χ0) is 12.5. The molecule has 4 heteroatoms. The number of nitrogens with zero attached hydrogens (tertiary/aromatic N) is 1. The van der Waals surface area contributed by atoms with E-state index in [4.69, 9.17) is 5.73 Å². The number of piperidine rings is 1. The highest BCUT2D eigenvalue weighted by atomic mass is 79.9. The molecule has 2 nitrogen and oxygen atoms in total. The van der Waals surface area contributed by atoms with Crippen molar-refractivity contribution >= 4 is 28.3 Å². The molecule has 1 heterocycles. The van der Waals surface area contributed by atoms with Crippen LogP contribution >= 0.6 is 28.3 Å². The second kappa shape index (κ2) is 6.38. The van der Waals surface area contributed by atoms with Gasteiger partial charge in [-0.2, -0.15) is 0 Å². The first-order valence-electron chi connectivity index (χ1n) is 6.20. The van der Waals surface area contributed by atoms with Crippen LogP contribution in [0.1, 0.15) is 25.8 Å². The lowest BCUT2D eigenvalue weighted by atomic mass is 9.79. The Hall–Kier alpha value is -0.0900. The fourth-order valence-corrected chi connectivity index (χ4v) is 2.90. The molecule has 1 aliphatic rings. The third-order valence-corrected chi connectivity index (χ3v) is 4.52. The lowest BCUT2D eigenvalue weighted by Crippen LogP contribution is -2.52. The SMILES string of the molecule is CC1(C)CN(Cc2ccccc2Br)CCC1N.Cl. The van der Waals surface area contributed by atoms with Crippen LogP contribution in [0.3, 0.4) is 0 Å². The number of nitrogens with two attached hydrogens (primary N) is 1. The Kier molecular flexibility index (Phi) is 5.66. The van der Waals surface area contributed by atoms with Gasteiger partial charge in [-0.1, -0.05) is 48.0 Å². The molecule has 1 aromatic carbocycles. The minimum Gasteiger partial charge on any atom is -0.327 e. The van der Waals surface area contributed by atoms with E-state index in [2.05, 4.69) is 58.9 Å². The largest absolute Gasteiger partial charge is 0.327 e. The van der Waals surface area contributed by atoms with Crippen LogP contribution in [0, 0.1) is 5.41 Å². The number of hydrogen-bond donors (Lipinski definition) is 1. The van der Waals surface area contributed by atoms with Gasteiger partial charge in [-0.25, -0.2) is 0 Å². The van der Waals surface area contributed by atoms with Crippen LogP contribution in [-0.4, -0.2) is 24.0 Å². The van der Waals surface area contributed by atoms with Gasteiger partial charge < -0.3 is 5.73 Å². The number of rotatable bonds is 2. The van der Waals surface area contributed by atoms with Gasteiger partial charge in [0, 0.05) is 30.1 Å². The predicted molar refractivity (Wildman–Crippen MR) is 83.0 cm³/mol. The van der Waals surface area contributed by atoms with Crippen molar-refractivity contribution in [3.63, 3.8) is 0 Å². The first kappa shape index (κ1) is 16.0. The number of likely N-dealkylation sites (tertiary alicyclic amines) is 1. The van der Waals surface area contributed by atoms with Crippen LogP contribution in [0.15, 0.2) is 28.7 Å². The summed E-state index contributed by atoms with van der Waals surface area (Å²) in [5, 5.41) is 0. The molecule has 1 unspecified atom stereocenters. The monoisotopic (exact) mass is 332 g/mol. The van der Waals surface area contributed by atoms with Crippen molar-refractivity contribution in [2.45, 2.75) is 32.9 Å². The fourth-order valence-electron chi connectivity index (χ4n) is 2.49. The minimum atomic E-state index is 0. The lowest BCUT2D eigenvalue weighted by molar-refractivity contribution is 0.0897. The van der Waals surface area contributed by atoms with Crippen LogP contribution in [0.25, 0.3) is 0 Å². The normalized spacial score (nSPS) is 23.4. The van der Waals surface area contributed by atoms with E-state index in [-0.39, 0.29) is 17.8 Å². The highest BCUT2D eigenvalue weighted by Crippen LogP contribution is 2.29. The maximum absolute atomic E-state index is 6.16. The van der Waals surface area contributed by atoms with Crippen molar-refractivity contribution in [2.75, 3.05) is 13.1 Å². The molecule has 102 valence electrons. The summed E-state index contributed by atoms with van der Waals surface area (Å²) < 4.78 is 1.20. The molecule has 0 saturated carbocycles. The smallest absolute Gasteiger partial charge is 0.0245 e. The van der Waals surface area contributed by atoms with Crippen LogP contribution in [0.4, 0.5) is 0 Å². The van der Waals surface area contributed by atoms with Crippen LogP contribution in [0.5, 0.6) is 0 Å². The number of halogens is 2. The predicted octanol–water partition coefficient (Wildman–Crippen LogP) is 3.43. The Balaban J connectivity index is 0.00000162. The third-order valence-electron chi connectivity index (χ3n) is 3.74. The number of hydrogen-bond acceptors (Lipinski definition) is 2. The average molecular weight is 334 g/mol. The molecular formula is C14H22BrClN2. The number of benzene rings is 1. The molecule has 0 spiro atoms. The first-order valence-corrected chi connectivity index (χ1v) is 7.00. The molecule has 0 amide bonds. The molecule has 0 bridgehead atoms. The van der Waals surface area contributed by atoms with Gasteiger partial charge in [0.2, 0.25) is 0 Å². The summed E-state index contributed by atoms with van der Waals surface area (Å²) in [5.74, 6) is 0. The summed E-state index contributed by atoms with van der Waals surface area (Å²) in [6.45, 7) is 7.73. The zero-order valence-electron chi connectivity index (χ0n) is 11.0. The summed E-state index contributed by atoms with van der Waals surface area (Å²) in [6.07, 6.45) is 1.09. The van der Waals surface area contributed by atoms with Gasteiger partial charge in [-0.15, -0.1) is 12.4 Å². The Labute approximate surface area is 124 Å². The molecule has 0 aromatic heterocycles. The van der Waals surface area contributed by atoms with Gasteiger partial charge in [0.25, 0.3) is 0 Å². The molecule has 1 fully saturated rings. The summed E-state index contributed by atoms with van der Waals surface area (Å²) in [4.78, 5) is 2.50. The van der Waals surface area contributed by atoms with Crippen LogP contribution < -0.4 is 5.73 Å². The van der Waals surface area contributed by atoms with E-state index in [1.54, 1.807) is 0 Å². The topological polar surface area (TPSA) is 29.3 Å². The van der Waals surface area contributed by atoms with Gasteiger partial charge in [0.05, 0.1) is 0 Å². The van der Waals surface area contributed by atoms with Crippen LogP contribution in [0.2, 0.25) is 0 Å². The molecule has 2 rings (SSSR count). The quantitative estimate of drug-likeness (QED) is 0.898. The Bertz CT molecular complexity index is 395. The minimum absolute atomic E-state index is 0. The zero-order valence-corrected chi connectivity index (χ0v) is 13.4. The Morgan fingerprint density at radius 3 is 2.67 bits per heavy atom. The van der Waals surface area contributed by atoms with Crippen molar-refractivity contribution in [3.8, 4) is 0 Å². The van der Waals surface area contributed by atoms with E-state index >= 15 is 0 Å². The van der Waals surface area contributed by atoms with Crippen molar-refractivity contribution in [1.82, 2.24) is 4.90 Å². The molecule has 1 aromatic rings. The maximum atomic E-state index is 6.16. The van der Waals surface area contributed by atoms with E-state index in [0.717, 1.165) is 26.1 Å². The van der Waals surface area contributed by atoms with Gasteiger partial charge in [-0.05, 0) is 23.5 Å². The molecule has 18 heavy (non-hydrogen) atoms. The second-order valence-electron chi connectivity index (χ2n) is 5.69. The third kappa shape index (κ3) is 3.70. The molecule has 1 saturated heterocycles. The van der Waals surface area contributed by atoms with E-state index in [9.17, 15) is 0 Å². The molecule has 0 aliphatic carbocycles. The van der Waals surface area contributed by atoms with E-state index in [0.29, 0.717) is 6.04 Å². The highest BCUT2D eigenvalue weighted by molar-refractivity contribution is 9.10. The Morgan fingerprint density at radius 1 is 1.39 bits per heavy atom. The maximum Gasteiger partial charge on any atom is 0.0245 e. The van der Waals surface area contributed by atoms with Gasteiger partial charge in [-0.3, -0.25) is 4.90 Å². The van der Waals surface area contributed by atoms with E-state index in [1.807, 2.05) is 0 Å². The van der Waals surface area contributed by atoms with Gasteiger partial charge in [0.15, 0.2) is 0 Å². The Morgan fingerprint density at radius 2 is 2.06 bits per heavy atom. The average Bonchev–Trinajstić information content (AvgIpc) is 2.26. The van der Waals surface area contributed by atoms with Crippen molar-refractivity contribution in [3.05, 3.63) is 34.3 Å². The first-order chi connectivity index (χ1) is 7.99. The van der Waals surface area contributed by atoms with Gasteiger partial charge >= 0.3 is 0 Å². The van der Waals surface area contributed by atoms with Crippen LogP contribution in [-0.2, 0) is 6.54 Å². The van der Waals surface area contributed by atoms with Gasteiger partial charge in [0.1, 0.15) is 0 Å². The lowest BCUT2D eigenvalue weighted by Gasteiger charge is -2.42.